The van der Waals surface area contributed by atoms with E-state index in [9.17, 15) is 0 Å². The third-order valence-corrected chi connectivity index (χ3v) is 5.50. The van der Waals surface area contributed by atoms with Gasteiger partial charge in [-0.05, 0) is 63.0 Å². The van der Waals surface area contributed by atoms with Gasteiger partial charge in [0, 0.05) is 46.4 Å². The van der Waals surface area contributed by atoms with Gasteiger partial charge in [0.1, 0.15) is 11.9 Å². The third kappa shape index (κ3) is 5.95. The standard InChI is InChI=1S/C21H35N3O2/c1-23-11-13-24(14-12-23)17-18-5-6-21(19(16-18)4-3-15-25-2)26-20-7-9-22-10-8-20/h5-6,16,20,22H,3-4,7-15,17H2,1-2H3. The molecular formula is C21H35N3O2. The predicted octanol–water partition coefficient (Wildman–Crippen LogP) is 2.14. The van der Waals surface area contributed by atoms with Gasteiger partial charge >= 0.3 is 0 Å². The molecule has 3 rings (SSSR count). The number of piperidine rings is 1. The Morgan fingerprint density at radius 1 is 1.12 bits per heavy atom. The number of aryl methyl sites for hydroxylation is 1. The highest BCUT2D eigenvalue weighted by Crippen LogP contribution is 2.25. The summed E-state index contributed by atoms with van der Waals surface area (Å²) in [6.07, 6.45) is 4.60. The van der Waals surface area contributed by atoms with Gasteiger partial charge in [-0.3, -0.25) is 4.90 Å². The van der Waals surface area contributed by atoms with Gasteiger partial charge in [-0.1, -0.05) is 12.1 Å². The van der Waals surface area contributed by atoms with Gasteiger partial charge in [-0.25, -0.2) is 0 Å². The molecule has 146 valence electrons. The number of hydrogen-bond donors (Lipinski definition) is 1. The average Bonchev–Trinajstić information content (AvgIpc) is 2.67. The second-order valence-electron chi connectivity index (χ2n) is 7.69. The Hall–Kier alpha value is -1.14. The van der Waals surface area contributed by atoms with E-state index in [4.69, 9.17) is 9.47 Å². The first-order chi connectivity index (χ1) is 12.7. The number of piperazine rings is 1. The maximum absolute atomic E-state index is 6.38. The van der Waals surface area contributed by atoms with Crippen molar-refractivity contribution in [2.45, 2.75) is 38.3 Å². The fraction of sp³-hybridized carbons (Fsp3) is 0.714. The van der Waals surface area contributed by atoms with Gasteiger partial charge in [0.2, 0.25) is 0 Å². The highest BCUT2D eigenvalue weighted by atomic mass is 16.5. The normalized spacial score (nSPS) is 20.4. The van der Waals surface area contributed by atoms with Gasteiger partial charge in [0.25, 0.3) is 0 Å². The van der Waals surface area contributed by atoms with E-state index in [-0.39, 0.29) is 0 Å². The lowest BCUT2D eigenvalue weighted by molar-refractivity contribution is 0.147. The molecule has 0 radical (unpaired) electrons. The molecule has 2 fully saturated rings. The monoisotopic (exact) mass is 361 g/mol. The molecule has 0 amide bonds. The number of hydrogen-bond acceptors (Lipinski definition) is 5. The molecule has 2 aliphatic rings. The molecular weight excluding hydrogens is 326 g/mol. The van der Waals surface area contributed by atoms with Crippen LogP contribution in [0.4, 0.5) is 0 Å². The van der Waals surface area contributed by atoms with Crippen molar-refractivity contribution in [1.29, 1.82) is 0 Å². The SMILES string of the molecule is COCCCc1cc(CN2CCN(C)CC2)ccc1OC1CCNCC1. The molecule has 0 atom stereocenters. The van der Waals surface area contributed by atoms with Crippen molar-refractivity contribution in [3.05, 3.63) is 29.3 Å². The van der Waals surface area contributed by atoms with Crippen LogP contribution in [0.15, 0.2) is 18.2 Å². The molecule has 0 unspecified atom stereocenters. The van der Waals surface area contributed by atoms with Crippen LogP contribution in [0, 0.1) is 0 Å². The molecule has 0 aliphatic carbocycles. The minimum absolute atomic E-state index is 0.348. The summed E-state index contributed by atoms with van der Waals surface area (Å²) in [6, 6.07) is 6.83. The van der Waals surface area contributed by atoms with Crippen molar-refractivity contribution in [2.24, 2.45) is 0 Å². The Balaban J connectivity index is 1.65. The Morgan fingerprint density at radius 2 is 1.88 bits per heavy atom. The molecule has 2 saturated heterocycles. The minimum Gasteiger partial charge on any atom is -0.490 e. The molecule has 0 saturated carbocycles. The Bertz CT molecular complexity index is 538. The Kier molecular flexibility index (Phi) is 7.74. The van der Waals surface area contributed by atoms with Gasteiger partial charge in [0.15, 0.2) is 0 Å². The van der Waals surface area contributed by atoms with Crippen LogP contribution in [0.1, 0.15) is 30.4 Å². The number of benzene rings is 1. The first-order valence-corrected chi connectivity index (χ1v) is 10.1. The van der Waals surface area contributed by atoms with Crippen LogP contribution in [-0.4, -0.2) is 75.9 Å². The van der Waals surface area contributed by atoms with Gasteiger partial charge in [-0.15, -0.1) is 0 Å². The lowest BCUT2D eigenvalue weighted by Crippen LogP contribution is -2.43. The number of likely N-dealkylation sites (N-methyl/N-ethyl adjacent to an activating group) is 1. The first-order valence-electron chi connectivity index (χ1n) is 10.1. The van der Waals surface area contributed by atoms with E-state index >= 15 is 0 Å². The van der Waals surface area contributed by atoms with Gasteiger partial charge in [-0.2, -0.15) is 0 Å². The summed E-state index contributed by atoms with van der Waals surface area (Å²) in [5.41, 5.74) is 2.74. The summed E-state index contributed by atoms with van der Waals surface area (Å²) < 4.78 is 11.6. The number of nitrogens with zero attached hydrogens (tertiary/aromatic N) is 2. The molecule has 1 N–H and O–H groups in total. The van der Waals surface area contributed by atoms with Crippen LogP contribution >= 0.6 is 0 Å². The van der Waals surface area contributed by atoms with E-state index in [1.165, 1.54) is 11.1 Å². The molecule has 26 heavy (non-hydrogen) atoms. The Morgan fingerprint density at radius 3 is 2.62 bits per heavy atom. The summed E-state index contributed by atoms with van der Waals surface area (Å²) >= 11 is 0. The maximum Gasteiger partial charge on any atom is 0.122 e. The zero-order valence-electron chi connectivity index (χ0n) is 16.5. The van der Waals surface area contributed by atoms with Crippen molar-refractivity contribution in [3.63, 3.8) is 0 Å². The van der Waals surface area contributed by atoms with Crippen LogP contribution in [0.2, 0.25) is 0 Å². The van der Waals surface area contributed by atoms with Gasteiger partial charge < -0.3 is 19.7 Å². The largest absolute Gasteiger partial charge is 0.490 e. The second kappa shape index (κ2) is 10.3. The molecule has 1 aromatic carbocycles. The summed E-state index contributed by atoms with van der Waals surface area (Å²) in [4.78, 5) is 4.96. The second-order valence-corrected chi connectivity index (χ2v) is 7.69. The molecule has 5 heteroatoms. The number of nitrogens with one attached hydrogen (secondary N) is 1. The zero-order chi connectivity index (χ0) is 18.2. The van der Waals surface area contributed by atoms with Crippen LogP contribution in [0.3, 0.4) is 0 Å². The van der Waals surface area contributed by atoms with Crippen molar-refractivity contribution < 1.29 is 9.47 Å². The number of methoxy groups -OCH3 is 1. The van der Waals surface area contributed by atoms with Crippen LogP contribution in [0.5, 0.6) is 5.75 Å². The maximum atomic E-state index is 6.38. The van der Waals surface area contributed by atoms with E-state index in [1.807, 2.05) is 0 Å². The molecule has 2 aliphatic heterocycles. The topological polar surface area (TPSA) is 37.0 Å². The quantitative estimate of drug-likeness (QED) is 0.718. The van der Waals surface area contributed by atoms with Crippen molar-refractivity contribution in [3.8, 4) is 5.75 Å². The van der Waals surface area contributed by atoms with Crippen LogP contribution in [-0.2, 0) is 17.7 Å². The molecule has 2 heterocycles. The van der Waals surface area contributed by atoms with Crippen LogP contribution in [0.25, 0.3) is 0 Å². The fourth-order valence-electron chi connectivity index (χ4n) is 3.81. The van der Waals surface area contributed by atoms with Crippen molar-refractivity contribution >= 4 is 0 Å². The van der Waals surface area contributed by atoms with E-state index in [0.717, 1.165) is 83.9 Å². The molecule has 5 nitrogen and oxygen atoms in total. The van der Waals surface area contributed by atoms with Crippen molar-refractivity contribution in [2.75, 3.05) is 60.0 Å². The highest BCUT2D eigenvalue weighted by molar-refractivity contribution is 5.38. The molecule has 0 bridgehead atoms. The smallest absolute Gasteiger partial charge is 0.122 e. The Labute approximate surface area is 158 Å². The average molecular weight is 362 g/mol. The van der Waals surface area contributed by atoms with E-state index < -0.39 is 0 Å². The predicted molar refractivity (Wildman–Crippen MR) is 106 cm³/mol. The summed E-state index contributed by atoms with van der Waals surface area (Å²) in [5.74, 6) is 1.08. The highest BCUT2D eigenvalue weighted by Gasteiger charge is 2.18. The zero-order valence-corrected chi connectivity index (χ0v) is 16.5. The first kappa shape index (κ1) is 19.6. The number of ether oxygens (including phenoxy) is 2. The summed E-state index contributed by atoms with van der Waals surface area (Å²) in [6.45, 7) is 8.60. The number of rotatable bonds is 8. The third-order valence-electron chi connectivity index (χ3n) is 5.50. The van der Waals surface area contributed by atoms with Crippen LogP contribution < -0.4 is 10.1 Å². The van der Waals surface area contributed by atoms with Gasteiger partial charge in [0.05, 0.1) is 0 Å². The van der Waals surface area contributed by atoms with E-state index in [1.54, 1.807) is 7.11 Å². The van der Waals surface area contributed by atoms with E-state index in [2.05, 4.69) is 40.4 Å². The summed E-state index contributed by atoms with van der Waals surface area (Å²) in [7, 11) is 3.98. The molecule has 1 aromatic rings. The minimum atomic E-state index is 0.348. The van der Waals surface area contributed by atoms with Crippen molar-refractivity contribution in [1.82, 2.24) is 15.1 Å². The lowest BCUT2D eigenvalue weighted by Gasteiger charge is -2.32. The molecule has 0 spiro atoms. The summed E-state index contributed by atoms with van der Waals surface area (Å²) in [5, 5.41) is 3.41. The van der Waals surface area contributed by atoms with E-state index in [0.29, 0.717) is 6.10 Å². The lowest BCUT2D eigenvalue weighted by atomic mass is 10.0. The fourth-order valence-corrected chi connectivity index (χ4v) is 3.81. The molecule has 0 aromatic heterocycles.